The van der Waals surface area contributed by atoms with Gasteiger partial charge in [-0.2, -0.15) is 0 Å². The van der Waals surface area contributed by atoms with Gasteiger partial charge in [-0.3, -0.25) is 0 Å². The van der Waals surface area contributed by atoms with E-state index in [1.165, 1.54) is 6.42 Å². The van der Waals surface area contributed by atoms with Crippen LogP contribution in [0.5, 0.6) is 0 Å². The Bertz CT molecular complexity index is 332. The fourth-order valence-corrected chi connectivity index (χ4v) is 2.35. The molecule has 0 bridgehead atoms. The Morgan fingerprint density at radius 1 is 1.64 bits per heavy atom. The first-order valence-electron chi connectivity index (χ1n) is 5.08. The fourth-order valence-electron chi connectivity index (χ4n) is 2.13. The molecule has 0 amide bonds. The van der Waals surface area contributed by atoms with E-state index in [1.807, 2.05) is 14.0 Å². The van der Waals surface area contributed by atoms with Crippen LogP contribution >= 0.6 is 11.6 Å². The average molecular weight is 214 g/mol. The summed E-state index contributed by atoms with van der Waals surface area (Å²) in [7, 11) is 2.00. The lowest BCUT2D eigenvalue weighted by Gasteiger charge is -2.23. The molecule has 14 heavy (non-hydrogen) atoms. The van der Waals surface area contributed by atoms with Crippen molar-refractivity contribution in [1.29, 1.82) is 0 Å². The topological polar surface area (TPSA) is 29.9 Å². The second-order valence-electron chi connectivity index (χ2n) is 3.97. The maximum Gasteiger partial charge on any atom is 0.131 e. The molecule has 1 atom stereocenters. The van der Waals surface area contributed by atoms with Gasteiger partial charge >= 0.3 is 0 Å². The summed E-state index contributed by atoms with van der Waals surface area (Å²) in [6.45, 7) is 4.06. The minimum Gasteiger partial charge on any atom is -0.319 e. The molecule has 0 spiro atoms. The van der Waals surface area contributed by atoms with Crippen LogP contribution in [-0.2, 0) is 13.0 Å². The summed E-state index contributed by atoms with van der Waals surface area (Å²) in [5, 5.41) is 4.04. The second-order valence-corrected chi connectivity index (χ2v) is 4.33. The van der Waals surface area contributed by atoms with Gasteiger partial charge in [-0.1, -0.05) is 11.6 Å². The van der Waals surface area contributed by atoms with Crippen molar-refractivity contribution in [2.24, 2.45) is 5.92 Å². The maximum atomic E-state index is 6.14. The highest BCUT2D eigenvalue weighted by Crippen LogP contribution is 2.25. The molecular formula is C10H16ClN3. The first-order valence-corrected chi connectivity index (χ1v) is 5.46. The monoisotopic (exact) mass is 213 g/mol. The van der Waals surface area contributed by atoms with Crippen LogP contribution in [0.4, 0.5) is 0 Å². The number of hydrogen-bond donors (Lipinski definition) is 1. The van der Waals surface area contributed by atoms with Crippen LogP contribution in [0.2, 0.25) is 5.15 Å². The molecule has 0 fully saturated rings. The summed E-state index contributed by atoms with van der Waals surface area (Å²) in [5.74, 6) is 1.87. The third-order valence-corrected chi connectivity index (χ3v) is 3.35. The van der Waals surface area contributed by atoms with Gasteiger partial charge in [0.05, 0.1) is 5.69 Å². The molecule has 1 aliphatic heterocycles. The van der Waals surface area contributed by atoms with Gasteiger partial charge in [0.1, 0.15) is 11.0 Å². The van der Waals surface area contributed by atoms with Crippen LogP contribution < -0.4 is 5.32 Å². The molecule has 2 rings (SSSR count). The van der Waals surface area contributed by atoms with Crippen LogP contribution in [0, 0.1) is 12.8 Å². The van der Waals surface area contributed by atoms with Crippen molar-refractivity contribution in [2.75, 3.05) is 13.6 Å². The Balaban J connectivity index is 2.19. The number of hydrogen-bond acceptors (Lipinski definition) is 2. The van der Waals surface area contributed by atoms with Gasteiger partial charge in [0.25, 0.3) is 0 Å². The van der Waals surface area contributed by atoms with Gasteiger partial charge in [0, 0.05) is 13.0 Å². The van der Waals surface area contributed by atoms with Crippen LogP contribution in [-0.4, -0.2) is 23.1 Å². The second kappa shape index (κ2) is 3.91. The van der Waals surface area contributed by atoms with E-state index in [4.69, 9.17) is 11.6 Å². The Hall–Kier alpha value is -0.540. The van der Waals surface area contributed by atoms with Crippen molar-refractivity contribution >= 4 is 11.6 Å². The molecule has 78 valence electrons. The van der Waals surface area contributed by atoms with E-state index in [1.54, 1.807) is 0 Å². The van der Waals surface area contributed by atoms with Crippen molar-refractivity contribution in [3.63, 3.8) is 0 Å². The third kappa shape index (κ3) is 1.66. The van der Waals surface area contributed by atoms with Gasteiger partial charge in [0.15, 0.2) is 0 Å². The zero-order valence-corrected chi connectivity index (χ0v) is 9.43. The van der Waals surface area contributed by atoms with Crippen LogP contribution in [0.25, 0.3) is 0 Å². The van der Waals surface area contributed by atoms with E-state index in [-0.39, 0.29) is 0 Å². The molecule has 1 aliphatic rings. The number of nitrogens with one attached hydrogen (secondary N) is 1. The van der Waals surface area contributed by atoms with E-state index in [0.29, 0.717) is 5.92 Å². The Kier molecular flexibility index (Phi) is 2.79. The summed E-state index contributed by atoms with van der Waals surface area (Å²) >= 11 is 6.14. The van der Waals surface area contributed by atoms with Gasteiger partial charge in [0.2, 0.25) is 0 Å². The van der Waals surface area contributed by atoms with Crippen LogP contribution in [0.3, 0.4) is 0 Å². The molecule has 1 aromatic rings. The average Bonchev–Trinajstić information content (AvgIpc) is 2.43. The number of rotatable bonds is 2. The Labute approximate surface area is 89.5 Å². The van der Waals surface area contributed by atoms with Crippen molar-refractivity contribution in [1.82, 2.24) is 14.9 Å². The predicted molar refractivity (Wildman–Crippen MR) is 57.7 cm³/mol. The van der Waals surface area contributed by atoms with Gasteiger partial charge in [-0.25, -0.2) is 4.98 Å². The summed E-state index contributed by atoms with van der Waals surface area (Å²) in [6.07, 6.45) is 2.25. The number of aromatic nitrogens is 2. The molecule has 0 radical (unpaired) electrons. The summed E-state index contributed by atoms with van der Waals surface area (Å²) < 4.78 is 2.14. The number of nitrogens with zero attached hydrogens (tertiary/aromatic N) is 2. The quantitative estimate of drug-likeness (QED) is 0.810. The molecule has 1 N–H and O–H groups in total. The smallest absolute Gasteiger partial charge is 0.131 e. The third-order valence-electron chi connectivity index (χ3n) is 2.87. The number of fused-ring (bicyclic) bond motifs is 1. The van der Waals surface area contributed by atoms with Gasteiger partial charge in [-0.15, -0.1) is 0 Å². The van der Waals surface area contributed by atoms with Crippen molar-refractivity contribution < 1.29 is 0 Å². The standard InChI is InChI=1S/C10H16ClN3/c1-7-10(11)14-4-3-8(6-12-2)5-9(14)13-7/h8,12H,3-6H2,1-2H3. The lowest BCUT2D eigenvalue weighted by Crippen LogP contribution is -2.27. The Morgan fingerprint density at radius 2 is 2.43 bits per heavy atom. The van der Waals surface area contributed by atoms with E-state index in [9.17, 15) is 0 Å². The molecule has 0 saturated heterocycles. The summed E-state index contributed by atoms with van der Waals surface area (Å²) in [4.78, 5) is 4.49. The van der Waals surface area contributed by atoms with Crippen LogP contribution in [0.1, 0.15) is 17.9 Å². The van der Waals surface area contributed by atoms with Crippen molar-refractivity contribution in [3.8, 4) is 0 Å². The SMILES string of the molecule is CNCC1CCn2c(nc(C)c2Cl)C1. The lowest BCUT2D eigenvalue weighted by atomic mass is 9.98. The van der Waals surface area contributed by atoms with E-state index in [0.717, 1.165) is 36.2 Å². The number of imidazole rings is 1. The zero-order valence-electron chi connectivity index (χ0n) is 8.68. The molecule has 0 aliphatic carbocycles. The predicted octanol–water partition coefficient (Wildman–Crippen LogP) is 1.63. The van der Waals surface area contributed by atoms with Crippen LogP contribution in [0.15, 0.2) is 0 Å². The summed E-state index contributed by atoms with van der Waals surface area (Å²) in [5.41, 5.74) is 0.965. The first kappa shape index (κ1) is 9.99. The lowest BCUT2D eigenvalue weighted by molar-refractivity contribution is 0.372. The highest BCUT2D eigenvalue weighted by Gasteiger charge is 2.22. The van der Waals surface area contributed by atoms with Crippen molar-refractivity contribution in [3.05, 3.63) is 16.7 Å². The van der Waals surface area contributed by atoms with Gasteiger partial charge < -0.3 is 9.88 Å². The fraction of sp³-hybridized carbons (Fsp3) is 0.700. The highest BCUT2D eigenvalue weighted by atomic mass is 35.5. The van der Waals surface area contributed by atoms with E-state index in [2.05, 4.69) is 14.9 Å². The minimum atomic E-state index is 0.713. The molecule has 1 unspecified atom stereocenters. The minimum absolute atomic E-state index is 0.713. The number of halogens is 1. The molecule has 4 heteroatoms. The largest absolute Gasteiger partial charge is 0.319 e. The molecule has 3 nitrogen and oxygen atoms in total. The molecule has 0 saturated carbocycles. The molecular weight excluding hydrogens is 198 g/mol. The Morgan fingerprint density at radius 3 is 3.14 bits per heavy atom. The van der Waals surface area contributed by atoms with Gasteiger partial charge in [-0.05, 0) is 32.9 Å². The summed E-state index contributed by atoms with van der Waals surface area (Å²) in [6, 6.07) is 0. The van der Waals surface area contributed by atoms with E-state index >= 15 is 0 Å². The molecule has 1 aromatic heterocycles. The number of aryl methyl sites for hydroxylation is 1. The highest BCUT2D eigenvalue weighted by molar-refractivity contribution is 6.30. The maximum absolute atomic E-state index is 6.14. The first-order chi connectivity index (χ1) is 6.72. The zero-order chi connectivity index (χ0) is 10.1. The van der Waals surface area contributed by atoms with E-state index < -0.39 is 0 Å². The molecule has 0 aromatic carbocycles. The normalized spacial score (nSPS) is 20.9. The van der Waals surface area contributed by atoms with Crippen molar-refractivity contribution in [2.45, 2.75) is 26.3 Å². The molecule has 2 heterocycles.